The van der Waals surface area contributed by atoms with Crippen LogP contribution in [0.1, 0.15) is 32.1 Å². The van der Waals surface area contributed by atoms with E-state index in [1.165, 1.54) is 19.3 Å². The smallest absolute Gasteiger partial charge is 0.267 e. The number of rotatable bonds is 3. The van der Waals surface area contributed by atoms with Gasteiger partial charge in [0.25, 0.3) is 5.56 Å². The summed E-state index contributed by atoms with van der Waals surface area (Å²) in [5.41, 5.74) is 5.55. The summed E-state index contributed by atoms with van der Waals surface area (Å²) in [5, 5.41) is 5.13. The number of hydrazone groups is 1. The van der Waals surface area contributed by atoms with Crippen molar-refractivity contribution < 1.29 is 0 Å². The molecule has 1 N–H and O–H groups in total. The second-order valence-electron chi connectivity index (χ2n) is 6.28. The van der Waals surface area contributed by atoms with E-state index < -0.39 is 0 Å². The number of fused-ring (bicyclic) bond motifs is 1. The zero-order valence-electron chi connectivity index (χ0n) is 14.0. The van der Waals surface area contributed by atoms with Gasteiger partial charge in [0.2, 0.25) is 5.95 Å². The van der Waals surface area contributed by atoms with Gasteiger partial charge in [0.15, 0.2) is 0 Å². The molecule has 2 aromatic carbocycles. The molecule has 3 aromatic rings. The molecule has 0 bridgehead atoms. The normalized spacial score (nSPS) is 14.5. The van der Waals surface area contributed by atoms with Gasteiger partial charge in [-0.1, -0.05) is 36.8 Å². The lowest BCUT2D eigenvalue weighted by atomic mass is 9.99. The Bertz CT molecular complexity index is 968. The Morgan fingerprint density at radius 3 is 2.44 bits per heavy atom. The third-order valence-corrected chi connectivity index (χ3v) is 4.53. The fourth-order valence-electron chi connectivity index (χ4n) is 3.23. The first-order chi connectivity index (χ1) is 12.3. The Hall–Kier alpha value is -2.95. The molecule has 1 saturated carbocycles. The van der Waals surface area contributed by atoms with Crippen molar-refractivity contribution in [2.45, 2.75) is 32.1 Å². The molecule has 0 radical (unpaired) electrons. The number of para-hydroxylation sites is 2. The lowest BCUT2D eigenvalue weighted by Gasteiger charge is -2.15. The van der Waals surface area contributed by atoms with Gasteiger partial charge < -0.3 is 0 Å². The van der Waals surface area contributed by atoms with Gasteiger partial charge in [0, 0.05) is 5.71 Å². The number of anilines is 1. The predicted molar refractivity (Wildman–Crippen MR) is 101 cm³/mol. The molecule has 0 saturated heterocycles. The van der Waals surface area contributed by atoms with E-state index in [4.69, 9.17) is 0 Å². The fraction of sp³-hybridized carbons (Fsp3) is 0.250. The molecule has 5 heteroatoms. The van der Waals surface area contributed by atoms with Crippen LogP contribution in [0.3, 0.4) is 0 Å². The number of benzene rings is 2. The summed E-state index contributed by atoms with van der Waals surface area (Å²) in [4.78, 5) is 17.7. The quantitative estimate of drug-likeness (QED) is 0.734. The maximum atomic E-state index is 13.0. The van der Waals surface area contributed by atoms with E-state index in [0.717, 1.165) is 24.2 Å². The predicted octanol–water partition coefficient (Wildman–Crippen LogP) is 4.12. The SMILES string of the molecule is O=c1c2ccccc2nc(NN=C2CCCCC2)n1-c1ccccc1. The third-order valence-electron chi connectivity index (χ3n) is 4.53. The zero-order chi connectivity index (χ0) is 17.1. The van der Waals surface area contributed by atoms with Crippen molar-refractivity contribution in [3.05, 3.63) is 65.0 Å². The van der Waals surface area contributed by atoms with Crippen LogP contribution >= 0.6 is 0 Å². The van der Waals surface area contributed by atoms with E-state index in [-0.39, 0.29) is 5.56 Å². The molecule has 0 aliphatic heterocycles. The van der Waals surface area contributed by atoms with Crippen LogP contribution in [0.2, 0.25) is 0 Å². The molecule has 4 rings (SSSR count). The van der Waals surface area contributed by atoms with Crippen molar-refractivity contribution in [3.63, 3.8) is 0 Å². The number of aromatic nitrogens is 2. The Kier molecular flexibility index (Phi) is 4.29. The third kappa shape index (κ3) is 3.18. The summed E-state index contributed by atoms with van der Waals surface area (Å²) < 4.78 is 1.59. The van der Waals surface area contributed by atoms with E-state index in [0.29, 0.717) is 16.9 Å². The van der Waals surface area contributed by atoms with Crippen molar-refractivity contribution in [1.82, 2.24) is 9.55 Å². The lowest BCUT2D eigenvalue weighted by Crippen LogP contribution is -2.23. The highest BCUT2D eigenvalue weighted by Gasteiger charge is 2.13. The van der Waals surface area contributed by atoms with Crippen LogP contribution in [0.15, 0.2) is 64.5 Å². The van der Waals surface area contributed by atoms with Crippen LogP contribution < -0.4 is 11.0 Å². The van der Waals surface area contributed by atoms with Crippen LogP contribution in [-0.4, -0.2) is 15.3 Å². The monoisotopic (exact) mass is 332 g/mol. The molecule has 1 heterocycles. The fourth-order valence-corrected chi connectivity index (χ4v) is 3.23. The van der Waals surface area contributed by atoms with Gasteiger partial charge in [0.1, 0.15) is 0 Å². The summed E-state index contributed by atoms with van der Waals surface area (Å²) in [7, 11) is 0. The first-order valence-corrected chi connectivity index (χ1v) is 8.71. The van der Waals surface area contributed by atoms with Gasteiger partial charge in [-0.25, -0.2) is 15.0 Å². The van der Waals surface area contributed by atoms with Crippen LogP contribution in [0.4, 0.5) is 5.95 Å². The van der Waals surface area contributed by atoms with E-state index >= 15 is 0 Å². The van der Waals surface area contributed by atoms with Gasteiger partial charge in [-0.05, 0) is 49.9 Å². The largest absolute Gasteiger partial charge is 0.268 e. The van der Waals surface area contributed by atoms with E-state index in [9.17, 15) is 4.79 Å². The molecule has 5 nitrogen and oxygen atoms in total. The molecule has 0 atom stereocenters. The highest BCUT2D eigenvalue weighted by molar-refractivity contribution is 5.85. The minimum Gasteiger partial charge on any atom is -0.268 e. The topological polar surface area (TPSA) is 59.3 Å². The second-order valence-corrected chi connectivity index (χ2v) is 6.28. The van der Waals surface area contributed by atoms with Gasteiger partial charge >= 0.3 is 0 Å². The second kappa shape index (κ2) is 6.89. The van der Waals surface area contributed by atoms with Crippen molar-refractivity contribution >= 4 is 22.6 Å². The molecular formula is C20H20N4O. The number of hydrogen-bond donors (Lipinski definition) is 1. The molecule has 1 aliphatic carbocycles. The Morgan fingerprint density at radius 2 is 1.64 bits per heavy atom. The van der Waals surface area contributed by atoms with E-state index in [1.807, 2.05) is 48.5 Å². The summed E-state index contributed by atoms with van der Waals surface area (Å²) >= 11 is 0. The molecule has 1 aliphatic rings. The van der Waals surface area contributed by atoms with Gasteiger partial charge in [0.05, 0.1) is 16.6 Å². The minimum absolute atomic E-state index is 0.0943. The molecule has 0 amide bonds. The van der Waals surface area contributed by atoms with Crippen molar-refractivity contribution in [1.29, 1.82) is 0 Å². The van der Waals surface area contributed by atoms with Crippen LogP contribution in [0.25, 0.3) is 16.6 Å². The Labute approximate surface area is 146 Å². The molecule has 1 aromatic heterocycles. The van der Waals surface area contributed by atoms with Crippen molar-refractivity contribution in [2.75, 3.05) is 5.43 Å². The lowest BCUT2D eigenvalue weighted by molar-refractivity contribution is 0.665. The highest BCUT2D eigenvalue weighted by Crippen LogP contribution is 2.18. The molecule has 1 fully saturated rings. The average Bonchev–Trinajstić information content (AvgIpc) is 2.68. The number of nitrogens with one attached hydrogen (secondary N) is 1. The summed E-state index contributed by atoms with van der Waals surface area (Å²) in [6.45, 7) is 0. The standard InChI is InChI=1S/C20H20N4O/c25-19-17-13-7-8-14-18(17)21-20(23-22-15-9-3-1-4-10-15)24(19)16-11-5-2-6-12-16/h2,5-8,11-14H,1,3-4,9-10H2,(H,21,23). The maximum Gasteiger partial charge on any atom is 0.267 e. The van der Waals surface area contributed by atoms with E-state index in [2.05, 4.69) is 15.5 Å². The Balaban J connectivity index is 1.85. The van der Waals surface area contributed by atoms with Crippen LogP contribution in [0.5, 0.6) is 0 Å². The molecule has 126 valence electrons. The minimum atomic E-state index is -0.0943. The van der Waals surface area contributed by atoms with Crippen molar-refractivity contribution in [3.8, 4) is 5.69 Å². The highest BCUT2D eigenvalue weighted by atomic mass is 16.1. The first-order valence-electron chi connectivity index (χ1n) is 8.71. The molecule has 0 unspecified atom stereocenters. The number of nitrogens with zero attached hydrogens (tertiary/aromatic N) is 3. The Morgan fingerprint density at radius 1 is 0.920 bits per heavy atom. The van der Waals surface area contributed by atoms with E-state index in [1.54, 1.807) is 10.6 Å². The molecule has 0 spiro atoms. The van der Waals surface area contributed by atoms with Crippen LogP contribution in [-0.2, 0) is 0 Å². The van der Waals surface area contributed by atoms with Gasteiger partial charge in [-0.15, -0.1) is 0 Å². The zero-order valence-corrected chi connectivity index (χ0v) is 14.0. The van der Waals surface area contributed by atoms with Gasteiger partial charge in [-0.3, -0.25) is 4.79 Å². The summed E-state index contributed by atoms with van der Waals surface area (Å²) in [5.74, 6) is 0.452. The van der Waals surface area contributed by atoms with Crippen LogP contribution in [0, 0.1) is 0 Å². The molecular weight excluding hydrogens is 312 g/mol. The summed E-state index contributed by atoms with van der Waals surface area (Å²) in [6.07, 6.45) is 5.64. The van der Waals surface area contributed by atoms with Gasteiger partial charge in [-0.2, -0.15) is 5.10 Å². The average molecular weight is 332 g/mol. The number of hydrogen-bond acceptors (Lipinski definition) is 4. The summed E-state index contributed by atoms with van der Waals surface area (Å²) in [6, 6.07) is 17.0. The van der Waals surface area contributed by atoms with Crippen molar-refractivity contribution in [2.24, 2.45) is 5.10 Å². The molecule has 25 heavy (non-hydrogen) atoms. The first kappa shape index (κ1) is 15.6. The maximum absolute atomic E-state index is 13.0.